The Labute approximate surface area is 156 Å². The third kappa shape index (κ3) is 4.78. The first-order valence-corrected chi connectivity index (χ1v) is 12.0. The minimum Gasteiger partial charge on any atom is -0.383 e. The fourth-order valence-corrected chi connectivity index (χ4v) is 6.27. The summed E-state index contributed by atoms with van der Waals surface area (Å²) in [5.74, 6) is -0.813. The van der Waals surface area contributed by atoms with E-state index in [4.69, 9.17) is 29.7 Å². The first-order valence-electron chi connectivity index (χ1n) is 7.51. The number of anilines is 1. The van der Waals surface area contributed by atoms with Gasteiger partial charge in [-0.25, -0.2) is 18.5 Å². The summed E-state index contributed by atoms with van der Waals surface area (Å²) in [4.78, 5) is 51.2. The molecule has 0 radical (unpaired) electrons. The van der Waals surface area contributed by atoms with Gasteiger partial charge >= 0.3 is 29.2 Å². The van der Waals surface area contributed by atoms with E-state index < -0.39 is 53.5 Å². The van der Waals surface area contributed by atoms with Crippen LogP contribution in [0.5, 0.6) is 0 Å². The summed E-state index contributed by atoms with van der Waals surface area (Å²) in [5, 5.41) is 0. The summed E-state index contributed by atoms with van der Waals surface area (Å²) in [6.45, 7) is 1.68. The lowest BCUT2D eigenvalue weighted by Crippen LogP contribution is -2.32. The molecule has 0 aromatic carbocycles. The van der Waals surface area contributed by atoms with E-state index in [0.717, 1.165) is 0 Å². The van der Waals surface area contributed by atoms with Crippen molar-refractivity contribution in [1.82, 2.24) is 9.55 Å². The van der Waals surface area contributed by atoms with E-state index in [2.05, 4.69) is 13.6 Å². The topological polar surface area (TPSA) is 230 Å². The number of hydrogen-bond donors (Lipinski definition) is 5. The average molecular weight is 463 g/mol. The normalized spacial score (nSPS) is 33.7. The molecule has 1 aliphatic carbocycles. The number of nitrogen functional groups attached to an aromatic ring is 1. The van der Waals surface area contributed by atoms with Gasteiger partial charge in [0.25, 0.3) is 0 Å². The molecule has 158 valence electrons. The highest BCUT2D eigenvalue weighted by molar-refractivity contribution is 7.66. The van der Waals surface area contributed by atoms with Gasteiger partial charge < -0.3 is 30.0 Å². The highest BCUT2D eigenvalue weighted by Crippen LogP contribution is 2.69. The van der Waals surface area contributed by atoms with Crippen LogP contribution in [0.3, 0.4) is 0 Å². The molecule has 6 N–H and O–H groups in total. The lowest BCUT2D eigenvalue weighted by Gasteiger charge is -2.23. The molecule has 7 atom stereocenters. The number of ether oxygens (including phenoxy) is 1. The maximum absolute atomic E-state index is 11.9. The van der Waals surface area contributed by atoms with Crippen molar-refractivity contribution in [2.45, 2.75) is 25.4 Å². The fraction of sp³-hybridized carbons (Fsp3) is 0.600. The van der Waals surface area contributed by atoms with Crippen LogP contribution in [0.1, 0.15) is 13.2 Å². The van der Waals surface area contributed by atoms with Crippen molar-refractivity contribution in [3.8, 4) is 0 Å². The highest BCUT2D eigenvalue weighted by atomic mass is 31.3. The van der Waals surface area contributed by atoms with Crippen LogP contribution in [-0.4, -0.2) is 41.3 Å². The van der Waals surface area contributed by atoms with E-state index in [0.29, 0.717) is 0 Å². The first-order chi connectivity index (χ1) is 12.7. The van der Waals surface area contributed by atoms with Crippen LogP contribution in [0.15, 0.2) is 17.1 Å². The number of aromatic nitrogens is 2. The number of hydrogen-bond acceptors (Lipinski definition) is 10. The molecule has 1 saturated carbocycles. The van der Waals surface area contributed by atoms with Gasteiger partial charge in [0.05, 0.1) is 6.10 Å². The Balaban J connectivity index is 1.63. The van der Waals surface area contributed by atoms with Crippen molar-refractivity contribution in [1.29, 1.82) is 0 Å². The summed E-state index contributed by atoms with van der Waals surface area (Å²) in [5.41, 5.74) is 4.77. The van der Waals surface area contributed by atoms with Gasteiger partial charge in [0.1, 0.15) is 18.1 Å². The molecular formula is C10H16N3O12P3. The van der Waals surface area contributed by atoms with Crippen molar-refractivity contribution in [2.24, 2.45) is 11.8 Å². The predicted molar refractivity (Wildman–Crippen MR) is 88.2 cm³/mol. The molecule has 15 nitrogen and oxygen atoms in total. The van der Waals surface area contributed by atoms with Crippen molar-refractivity contribution >= 4 is 29.3 Å². The largest absolute Gasteiger partial charge is 0.490 e. The van der Waals surface area contributed by atoms with Gasteiger partial charge in [0.2, 0.25) is 0 Å². The van der Waals surface area contributed by atoms with Gasteiger partial charge in [-0.05, 0) is 6.07 Å². The molecule has 3 rings (SSSR count). The second-order valence-corrected chi connectivity index (χ2v) is 10.5. The minimum absolute atomic E-state index is 0.0302. The predicted octanol–water partition coefficient (Wildman–Crippen LogP) is -0.299. The summed E-state index contributed by atoms with van der Waals surface area (Å²) in [7, 11) is -16.3. The maximum Gasteiger partial charge on any atom is 0.490 e. The molecule has 0 amide bonds. The Morgan fingerprint density at radius 3 is 2.32 bits per heavy atom. The number of fused-ring (bicyclic) bond motifs is 1. The quantitative estimate of drug-likeness (QED) is 0.327. The molecule has 1 aromatic rings. The molecule has 18 heteroatoms. The zero-order valence-electron chi connectivity index (χ0n) is 13.9. The van der Waals surface area contributed by atoms with Gasteiger partial charge in [-0.15, -0.1) is 0 Å². The SMILES string of the molecule is C[C@H]1C2C(OP(=O)(O)OP(=O)(O)OP(=O)(O)O)[C@H]2O[C@H]1n1ccc(N)nc1=O. The maximum atomic E-state index is 11.9. The van der Waals surface area contributed by atoms with E-state index in [1.807, 2.05) is 0 Å². The number of nitrogens with zero attached hydrogens (tertiary/aromatic N) is 2. The molecule has 4 unspecified atom stereocenters. The van der Waals surface area contributed by atoms with Gasteiger partial charge in [0.15, 0.2) is 0 Å². The third-order valence-electron chi connectivity index (χ3n) is 4.09. The van der Waals surface area contributed by atoms with Crippen LogP contribution in [0, 0.1) is 11.8 Å². The van der Waals surface area contributed by atoms with Gasteiger partial charge in [0, 0.05) is 18.0 Å². The summed E-state index contributed by atoms with van der Waals surface area (Å²) in [6, 6.07) is 1.39. The van der Waals surface area contributed by atoms with Crippen molar-refractivity contribution in [2.75, 3.05) is 5.73 Å². The summed E-state index contributed by atoms with van der Waals surface area (Å²) >= 11 is 0. The molecule has 1 aromatic heterocycles. The molecule has 0 bridgehead atoms. The Morgan fingerprint density at radius 2 is 1.82 bits per heavy atom. The monoisotopic (exact) mass is 463 g/mol. The summed E-state index contributed by atoms with van der Waals surface area (Å²) < 4.78 is 52.6. The smallest absolute Gasteiger partial charge is 0.383 e. The molecule has 1 saturated heterocycles. The molecule has 2 heterocycles. The first kappa shape index (κ1) is 21.8. The van der Waals surface area contributed by atoms with Crippen LogP contribution >= 0.6 is 23.5 Å². The summed E-state index contributed by atoms with van der Waals surface area (Å²) in [6.07, 6.45) is -1.10. The third-order valence-corrected chi connectivity index (χ3v) is 7.93. The lowest BCUT2D eigenvalue weighted by molar-refractivity contribution is -0.0328. The lowest BCUT2D eigenvalue weighted by atomic mass is 10.1. The Hall–Kier alpha value is -0.950. The number of phosphoric ester groups is 1. The van der Waals surface area contributed by atoms with E-state index in [-0.39, 0.29) is 11.7 Å². The number of nitrogens with two attached hydrogens (primary N) is 1. The zero-order valence-corrected chi connectivity index (χ0v) is 16.6. The van der Waals surface area contributed by atoms with Crippen LogP contribution in [0.4, 0.5) is 5.82 Å². The van der Waals surface area contributed by atoms with Crippen molar-refractivity contribution < 1.29 is 51.2 Å². The van der Waals surface area contributed by atoms with Crippen LogP contribution < -0.4 is 11.4 Å². The molecule has 28 heavy (non-hydrogen) atoms. The van der Waals surface area contributed by atoms with E-state index in [1.54, 1.807) is 6.92 Å². The Bertz CT molecular complexity index is 976. The van der Waals surface area contributed by atoms with Crippen molar-refractivity contribution in [3.63, 3.8) is 0 Å². The molecule has 2 aliphatic rings. The fourth-order valence-electron chi connectivity index (χ4n) is 3.04. The van der Waals surface area contributed by atoms with Gasteiger partial charge in [-0.2, -0.15) is 13.6 Å². The van der Waals surface area contributed by atoms with E-state index >= 15 is 0 Å². The molecule has 1 aliphatic heterocycles. The van der Waals surface area contributed by atoms with Gasteiger partial charge in [-0.1, -0.05) is 6.92 Å². The van der Waals surface area contributed by atoms with E-state index in [9.17, 15) is 23.4 Å². The molecule has 0 spiro atoms. The van der Waals surface area contributed by atoms with Crippen LogP contribution in [0.25, 0.3) is 0 Å². The number of rotatable bonds is 7. The standard InChI is InChI=1S/C10H16N3O12P3/c1-4-6-7(22-9(4)13-3-2-5(11)12-10(13)14)8(6)23-27(18,19)25-28(20,21)24-26(15,16)17/h2-4,6-9H,1H3,(H,18,19)(H,20,21)(H2,11,12,14)(H2,15,16,17)/t4-,6?,7-,8?,9+/m0/s1. The van der Waals surface area contributed by atoms with Gasteiger partial charge in [-0.3, -0.25) is 9.09 Å². The minimum atomic E-state index is -5.59. The zero-order chi connectivity index (χ0) is 21.1. The molecular weight excluding hydrogens is 447 g/mol. The Kier molecular flexibility index (Phi) is 5.50. The van der Waals surface area contributed by atoms with Crippen LogP contribution in [-0.2, 0) is 31.6 Å². The average Bonchev–Trinajstić information content (AvgIpc) is 2.98. The van der Waals surface area contributed by atoms with Crippen LogP contribution in [0.2, 0.25) is 0 Å². The highest BCUT2D eigenvalue weighted by Gasteiger charge is 2.66. The Morgan fingerprint density at radius 1 is 1.18 bits per heavy atom. The van der Waals surface area contributed by atoms with E-state index in [1.165, 1.54) is 16.8 Å². The number of phosphoric acid groups is 3. The molecule has 2 fully saturated rings. The second-order valence-electron chi connectivity index (χ2n) is 6.13. The van der Waals surface area contributed by atoms with Crippen molar-refractivity contribution in [3.05, 3.63) is 22.7 Å². The second kappa shape index (κ2) is 7.08.